The van der Waals surface area contributed by atoms with Crippen LogP contribution in [-0.4, -0.2) is 28.6 Å². The Labute approximate surface area is 127 Å². The van der Waals surface area contributed by atoms with Crippen molar-refractivity contribution in [2.24, 2.45) is 0 Å². The Balaban J connectivity index is 1.99. The van der Waals surface area contributed by atoms with Crippen LogP contribution in [0.25, 0.3) is 0 Å². The predicted octanol–water partition coefficient (Wildman–Crippen LogP) is 3.15. The lowest BCUT2D eigenvalue weighted by molar-refractivity contribution is -0.137. The quantitative estimate of drug-likeness (QED) is 0.867. The molecule has 2 rings (SSSR count). The molecule has 0 radical (unpaired) electrons. The molecule has 0 spiro atoms. The third-order valence-corrected chi connectivity index (χ3v) is 4.15. The second-order valence-electron chi connectivity index (χ2n) is 6.09. The summed E-state index contributed by atoms with van der Waals surface area (Å²) in [4.78, 5) is 13.5. The monoisotopic (exact) mass is 315 g/mol. The SMILES string of the molecule is CN(Cc1cc(F)c(F)c(F)c1)C(=O)CC1(O)CCCCC1. The molecule has 0 atom stereocenters. The molecule has 1 aromatic carbocycles. The fourth-order valence-corrected chi connectivity index (χ4v) is 2.86. The summed E-state index contributed by atoms with van der Waals surface area (Å²) in [5.41, 5.74) is -0.814. The van der Waals surface area contributed by atoms with E-state index in [0.29, 0.717) is 12.8 Å². The van der Waals surface area contributed by atoms with Crippen LogP contribution in [0, 0.1) is 17.5 Å². The minimum atomic E-state index is -1.52. The van der Waals surface area contributed by atoms with E-state index in [1.807, 2.05) is 0 Å². The largest absolute Gasteiger partial charge is 0.389 e. The standard InChI is InChI=1S/C16H20F3NO2/c1-20(10-11-7-12(17)15(19)13(18)8-11)14(21)9-16(22)5-3-2-4-6-16/h7-8,22H,2-6,9-10H2,1H3. The van der Waals surface area contributed by atoms with Gasteiger partial charge in [-0.25, -0.2) is 13.2 Å². The molecule has 1 aliphatic carbocycles. The van der Waals surface area contributed by atoms with E-state index in [-0.39, 0.29) is 24.4 Å². The molecule has 0 aliphatic heterocycles. The normalized spacial score (nSPS) is 17.3. The Morgan fingerprint density at radius 3 is 2.27 bits per heavy atom. The number of amides is 1. The van der Waals surface area contributed by atoms with Crippen molar-refractivity contribution in [2.45, 2.75) is 50.7 Å². The lowest BCUT2D eigenvalue weighted by Gasteiger charge is -2.32. The van der Waals surface area contributed by atoms with Gasteiger partial charge in [-0.2, -0.15) is 0 Å². The highest BCUT2D eigenvalue weighted by Crippen LogP contribution is 2.31. The molecule has 3 nitrogen and oxygen atoms in total. The average Bonchev–Trinajstić information content (AvgIpc) is 2.44. The zero-order valence-corrected chi connectivity index (χ0v) is 12.5. The van der Waals surface area contributed by atoms with E-state index in [9.17, 15) is 23.1 Å². The third-order valence-electron chi connectivity index (χ3n) is 4.15. The first kappa shape index (κ1) is 16.8. The Morgan fingerprint density at radius 1 is 1.18 bits per heavy atom. The van der Waals surface area contributed by atoms with Gasteiger partial charge in [0.1, 0.15) is 0 Å². The maximum Gasteiger partial charge on any atom is 0.225 e. The van der Waals surface area contributed by atoms with Gasteiger partial charge in [0, 0.05) is 13.6 Å². The molecule has 1 aliphatic rings. The van der Waals surface area contributed by atoms with Crippen LogP contribution in [0.15, 0.2) is 12.1 Å². The number of hydrogen-bond donors (Lipinski definition) is 1. The maximum absolute atomic E-state index is 13.2. The Kier molecular flexibility index (Phi) is 5.11. The molecular weight excluding hydrogens is 295 g/mol. The zero-order valence-electron chi connectivity index (χ0n) is 12.5. The van der Waals surface area contributed by atoms with Crippen molar-refractivity contribution in [3.63, 3.8) is 0 Å². The van der Waals surface area contributed by atoms with Crippen molar-refractivity contribution in [1.82, 2.24) is 4.90 Å². The number of carbonyl (C=O) groups excluding carboxylic acids is 1. The van der Waals surface area contributed by atoms with Crippen LogP contribution in [0.2, 0.25) is 0 Å². The number of rotatable bonds is 4. The van der Waals surface area contributed by atoms with Gasteiger partial charge in [0.2, 0.25) is 5.91 Å². The smallest absolute Gasteiger partial charge is 0.225 e. The maximum atomic E-state index is 13.2. The molecule has 0 aromatic heterocycles. The summed E-state index contributed by atoms with van der Waals surface area (Å²) in [7, 11) is 1.49. The van der Waals surface area contributed by atoms with E-state index in [2.05, 4.69) is 0 Å². The van der Waals surface area contributed by atoms with Gasteiger partial charge in [-0.05, 0) is 30.5 Å². The summed E-state index contributed by atoms with van der Waals surface area (Å²) >= 11 is 0. The number of carbonyl (C=O) groups is 1. The summed E-state index contributed by atoms with van der Waals surface area (Å²) in [6.45, 7) is -0.0387. The molecule has 1 saturated carbocycles. The third kappa shape index (κ3) is 4.00. The first-order chi connectivity index (χ1) is 10.3. The highest BCUT2D eigenvalue weighted by Gasteiger charge is 2.32. The van der Waals surface area contributed by atoms with Gasteiger partial charge < -0.3 is 10.0 Å². The molecule has 6 heteroatoms. The topological polar surface area (TPSA) is 40.5 Å². The molecule has 0 saturated heterocycles. The number of nitrogens with zero attached hydrogens (tertiary/aromatic N) is 1. The van der Waals surface area contributed by atoms with E-state index in [0.717, 1.165) is 31.4 Å². The van der Waals surface area contributed by atoms with Crippen LogP contribution in [0.5, 0.6) is 0 Å². The molecule has 122 valence electrons. The molecule has 22 heavy (non-hydrogen) atoms. The highest BCUT2D eigenvalue weighted by molar-refractivity contribution is 5.77. The number of halogens is 3. The van der Waals surface area contributed by atoms with Gasteiger partial charge in [0.25, 0.3) is 0 Å². The summed E-state index contributed by atoms with van der Waals surface area (Å²) < 4.78 is 39.2. The lowest BCUT2D eigenvalue weighted by Crippen LogP contribution is -2.39. The summed E-state index contributed by atoms with van der Waals surface area (Å²) in [5, 5.41) is 10.4. The molecule has 0 heterocycles. The van der Waals surface area contributed by atoms with Crippen molar-refractivity contribution >= 4 is 5.91 Å². The predicted molar refractivity (Wildman–Crippen MR) is 75.4 cm³/mol. The van der Waals surface area contributed by atoms with Crippen LogP contribution in [0.3, 0.4) is 0 Å². The van der Waals surface area contributed by atoms with Gasteiger partial charge in [0.05, 0.1) is 12.0 Å². The minimum absolute atomic E-state index is 0.00431. The Hall–Kier alpha value is -1.56. The second kappa shape index (κ2) is 6.69. The average molecular weight is 315 g/mol. The van der Waals surface area contributed by atoms with Crippen molar-refractivity contribution in [3.8, 4) is 0 Å². The van der Waals surface area contributed by atoms with Crippen LogP contribution >= 0.6 is 0 Å². The molecule has 1 N–H and O–H groups in total. The van der Waals surface area contributed by atoms with Crippen molar-refractivity contribution in [2.75, 3.05) is 7.05 Å². The summed E-state index contributed by atoms with van der Waals surface area (Å²) in [6.07, 6.45) is 4.01. The van der Waals surface area contributed by atoms with E-state index in [1.54, 1.807) is 0 Å². The summed E-state index contributed by atoms with van der Waals surface area (Å²) in [6, 6.07) is 1.75. The zero-order chi connectivity index (χ0) is 16.3. The van der Waals surface area contributed by atoms with E-state index < -0.39 is 23.1 Å². The van der Waals surface area contributed by atoms with Crippen LogP contribution < -0.4 is 0 Å². The summed E-state index contributed by atoms with van der Waals surface area (Å²) in [5.74, 6) is -4.37. The molecule has 1 aromatic rings. The van der Waals surface area contributed by atoms with Gasteiger partial charge in [-0.15, -0.1) is 0 Å². The van der Waals surface area contributed by atoms with Crippen molar-refractivity contribution < 1.29 is 23.1 Å². The minimum Gasteiger partial charge on any atom is -0.389 e. The van der Waals surface area contributed by atoms with E-state index in [1.165, 1.54) is 11.9 Å². The van der Waals surface area contributed by atoms with Crippen LogP contribution in [0.4, 0.5) is 13.2 Å². The molecule has 1 fully saturated rings. The molecule has 0 unspecified atom stereocenters. The Bertz CT molecular complexity index is 533. The fraction of sp³-hybridized carbons (Fsp3) is 0.562. The van der Waals surface area contributed by atoms with Crippen LogP contribution in [0.1, 0.15) is 44.1 Å². The number of aliphatic hydroxyl groups is 1. The van der Waals surface area contributed by atoms with Gasteiger partial charge in [-0.1, -0.05) is 19.3 Å². The van der Waals surface area contributed by atoms with E-state index in [4.69, 9.17) is 0 Å². The number of benzene rings is 1. The molecular formula is C16H20F3NO2. The first-order valence-corrected chi connectivity index (χ1v) is 7.40. The number of hydrogen-bond acceptors (Lipinski definition) is 2. The van der Waals surface area contributed by atoms with E-state index >= 15 is 0 Å². The lowest BCUT2D eigenvalue weighted by atomic mass is 9.82. The second-order valence-corrected chi connectivity index (χ2v) is 6.09. The molecule has 0 bridgehead atoms. The first-order valence-electron chi connectivity index (χ1n) is 7.40. The molecule has 1 amide bonds. The fourth-order valence-electron chi connectivity index (χ4n) is 2.86. The van der Waals surface area contributed by atoms with Gasteiger partial charge >= 0.3 is 0 Å². The highest BCUT2D eigenvalue weighted by atomic mass is 19.2. The van der Waals surface area contributed by atoms with Crippen molar-refractivity contribution in [3.05, 3.63) is 35.1 Å². The van der Waals surface area contributed by atoms with Gasteiger partial charge in [0.15, 0.2) is 17.5 Å². The Morgan fingerprint density at radius 2 is 1.73 bits per heavy atom. The van der Waals surface area contributed by atoms with Crippen molar-refractivity contribution in [1.29, 1.82) is 0 Å². The van der Waals surface area contributed by atoms with Gasteiger partial charge in [-0.3, -0.25) is 4.79 Å². The van der Waals surface area contributed by atoms with Crippen LogP contribution in [-0.2, 0) is 11.3 Å².